The molecule has 0 bridgehead atoms. The van der Waals surface area contributed by atoms with Gasteiger partial charge in [0, 0.05) is 17.3 Å². The monoisotopic (exact) mass is 462 g/mol. The molecule has 4 nitrogen and oxygen atoms in total. The van der Waals surface area contributed by atoms with Crippen molar-refractivity contribution in [1.82, 2.24) is 4.90 Å². The van der Waals surface area contributed by atoms with Crippen molar-refractivity contribution in [1.29, 1.82) is 0 Å². The summed E-state index contributed by atoms with van der Waals surface area (Å²) in [5.41, 5.74) is 6.95. The molecule has 1 unspecified atom stereocenters. The van der Waals surface area contributed by atoms with Crippen LogP contribution in [-0.2, 0) is 11.3 Å². The highest BCUT2D eigenvalue weighted by Gasteiger charge is 2.38. The van der Waals surface area contributed by atoms with Crippen molar-refractivity contribution < 1.29 is 9.59 Å². The number of carbonyl (C=O) groups excluding carboxylic acids is 2. The summed E-state index contributed by atoms with van der Waals surface area (Å²) in [5, 5.41) is -0.205. The normalized spacial score (nSPS) is 21.3. The van der Waals surface area contributed by atoms with Gasteiger partial charge in [-0.1, -0.05) is 36.8 Å². The topological polar surface area (TPSA) is 40.6 Å². The van der Waals surface area contributed by atoms with Crippen LogP contribution in [0.4, 0.5) is 10.5 Å². The zero-order valence-electron chi connectivity index (χ0n) is 20.7. The fourth-order valence-corrected chi connectivity index (χ4v) is 6.23. The first-order chi connectivity index (χ1) is 15.5. The van der Waals surface area contributed by atoms with Crippen molar-refractivity contribution in [2.75, 3.05) is 4.90 Å². The van der Waals surface area contributed by atoms with Gasteiger partial charge in [0.1, 0.15) is 0 Å². The Morgan fingerprint density at radius 3 is 2.42 bits per heavy atom. The molecule has 2 aromatic carbocycles. The van der Waals surface area contributed by atoms with E-state index in [9.17, 15) is 9.59 Å². The van der Waals surface area contributed by atoms with Crippen LogP contribution in [0.15, 0.2) is 41.3 Å². The van der Waals surface area contributed by atoms with E-state index in [0.717, 1.165) is 40.4 Å². The number of nitrogens with zero attached hydrogens (tertiary/aromatic N) is 2. The summed E-state index contributed by atoms with van der Waals surface area (Å²) in [6.07, 6.45) is 2.98. The first-order valence-corrected chi connectivity index (χ1v) is 12.5. The van der Waals surface area contributed by atoms with Crippen LogP contribution in [0.1, 0.15) is 74.8 Å². The van der Waals surface area contributed by atoms with E-state index in [1.165, 1.54) is 16.2 Å². The molecule has 2 aliphatic heterocycles. The van der Waals surface area contributed by atoms with E-state index in [0.29, 0.717) is 23.4 Å². The van der Waals surface area contributed by atoms with Crippen molar-refractivity contribution >= 4 is 34.7 Å². The molecule has 33 heavy (non-hydrogen) atoms. The Hall–Kier alpha value is -2.53. The highest BCUT2D eigenvalue weighted by atomic mass is 32.2. The number of carbonyl (C=O) groups is 2. The van der Waals surface area contributed by atoms with Crippen LogP contribution in [0, 0.1) is 13.8 Å². The third kappa shape index (κ3) is 4.48. The molecule has 2 aliphatic rings. The Labute approximate surface area is 202 Å². The van der Waals surface area contributed by atoms with Gasteiger partial charge in [0.05, 0.1) is 11.4 Å². The molecule has 0 spiro atoms. The van der Waals surface area contributed by atoms with Crippen LogP contribution in [0.5, 0.6) is 0 Å². The number of fused-ring (bicyclic) bond motifs is 1. The predicted molar refractivity (Wildman–Crippen MR) is 139 cm³/mol. The lowest BCUT2D eigenvalue weighted by atomic mass is 9.78. The number of hydrogen-bond acceptors (Lipinski definition) is 4. The molecule has 1 fully saturated rings. The lowest BCUT2D eigenvalue weighted by molar-refractivity contribution is -0.123. The van der Waals surface area contributed by atoms with Crippen LogP contribution in [0.2, 0.25) is 0 Å². The summed E-state index contributed by atoms with van der Waals surface area (Å²) in [4.78, 5) is 30.1. The molecule has 174 valence electrons. The molecule has 1 atom stereocenters. The van der Waals surface area contributed by atoms with Crippen LogP contribution in [0.25, 0.3) is 6.08 Å². The maximum Gasteiger partial charge on any atom is 0.293 e. The zero-order chi connectivity index (χ0) is 24.1. The Morgan fingerprint density at radius 1 is 1.12 bits per heavy atom. The second kappa shape index (κ2) is 8.68. The number of rotatable bonds is 4. The molecule has 4 rings (SSSR count). The Balaban J connectivity index is 1.66. The second-order valence-corrected chi connectivity index (χ2v) is 11.4. The van der Waals surface area contributed by atoms with Crippen LogP contribution in [0.3, 0.4) is 0 Å². The third-order valence-corrected chi connectivity index (χ3v) is 7.71. The molecule has 2 heterocycles. The maximum absolute atomic E-state index is 13.1. The predicted octanol–water partition coefficient (Wildman–Crippen LogP) is 7.04. The first kappa shape index (κ1) is 23.6. The molecule has 0 radical (unpaired) electrons. The van der Waals surface area contributed by atoms with E-state index in [2.05, 4.69) is 58.6 Å². The summed E-state index contributed by atoms with van der Waals surface area (Å²) >= 11 is 1.04. The Bertz CT molecular complexity index is 1130. The highest BCUT2D eigenvalue weighted by molar-refractivity contribution is 8.18. The molecule has 0 saturated carbocycles. The van der Waals surface area contributed by atoms with Crippen LogP contribution in [-0.4, -0.2) is 27.6 Å². The lowest BCUT2D eigenvalue weighted by Crippen LogP contribution is -2.51. The average Bonchev–Trinajstić information content (AvgIpc) is 2.97. The summed E-state index contributed by atoms with van der Waals surface area (Å²) < 4.78 is 0. The molecular formula is C28H34N2O2S. The SMILES string of the molecule is Cc1ccc(CN2C(=O)S/C(=C\c3cc4c(cc3C)N(C(C)C)C(C)(C)CC4C)C2=O)cc1. The minimum absolute atomic E-state index is 0.0904. The van der Waals surface area contributed by atoms with E-state index >= 15 is 0 Å². The average molecular weight is 463 g/mol. The van der Waals surface area contributed by atoms with Crippen molar-refractivity contribution in [3.05, 3.63) is 69.1 Å². The molecule has 2 aromatic rings. The van der Waals surface area contributed by atoms with Crippen molar-refractivity contribution in [3.8, 4) is 0 Å². The molecule has 1 saturated heterocycles. The van der Waals surface area contributed by atoms with Gasteiger partial charge in [-0.05, 0) is 106 Å². The molecule has 0 N–H and O–H groups in total. The fraction of sp³-hybridized carbons (Fsp3) is 0.429. The molecule has 0 aliphatic carbocycles. The largest absolute Gasteiger partial charge is 0.364 e. The molecule has 2 amide bonds. The van der Waals surface area contributed by atoms with Gasteiger partial charge in [0.2, 0.25) is 0 Å². The quantitative estimate of drug-likeness (QED) is 0.457. The zero-order valence-corrected chi connectivity index (χ0v) is 21.5. The number of imide groups is 1. The summed E-state index contributed by atoms with van der Waals surface area (Å²) in [6, 6.07) is 12.8. The molecule has 0 aromatic heterocycles. The van der Waals surface area contributed by atoms with E-state index in [-0.39, 0.29) is 16.7 Å². The van der Waals surface area contributed by atoms with Gasteiger partial charge in [0.25, 0.3) is 11.1 Å². The molecular weight excluding hydrogens is 428 g/mol. The van der Waals surface area contributed by atoms with Crippen molar-refractivity contribution in [3.63, 3.8) is 0 Å². The number of benzene rings is 2. The maximum atomic E-state index is 13.1. The van der Waals surface area contributed by atoms with E-state index < -0.39 is 0 Å². The number of amides is 2. The highest BCUT2D eigenvalue weighted by Crippen LogP contribution is 2.46. The van der Waals surface area contributed by atoms with Crippen molar-refractivity contribution in [2.24, 2.45) is 0 Å². The van der Waals surface area contributed by atoms with Crippen LogP contribution >= 0.6 is 11.8 Å². The van der Waals surface area contributed by atoms with Gasteiger partial charge < -0.3 is 4.90 Å². The summed E-state index contributed by atoms with van der Waals surface area (Å²) in [7, 11) is 0. The third-order valence-electron chi connectivity index (χ3n) is 6.80. The summed E-state index contributed by atoms with van der Waals surface area (Å²) in [5.74, 6) is 0.218. The van der Waals surface area contributed by atoms with Gasteiger partial charge in [-0.15, -0.1) is 0 Å². The minimum Gasteiger partial charge on any atom is -0.364 e. The minimum atomic E-state index is -0.208. The number of anilines is 1. The number of aryl methyl sites for hydroxylation is 2. The van der Waals surface area contributed by atoms with Gasteiger partial charge in [-0.25, -0.2) is 0 Å². The smallest absolute Gasteiger partial charge is 0.293 e. The van der Waals surface area contributed by atoms with E-state index in [4.69, 9.17) is 0 Å². The van der Waals surface area contributed by atoms with Gasteiger partial charge in [-0.2, -0.15) is 0 Å². The van der Waals surface area contributed by atoms with Crippen LogP contribution < -0.4 is 4.90 Å². The summed E-state index contributed by atoms with van der Waals surface area (Å²) in [6.45, 7) is 15.8. The van der Waals surface area contributed by atoms with Gasteiger partial charge in [0.15, 0.2) is 0 Å². The first-order valence-electron chi connectivity index (χ1n) is 11.7. The van der Waals surface area contributed by atoms with Gasteiger partial charge in [-0.3, -0.25) is 14.5 Å². The lowest BCUT2D eigenvalue weighted by Gasteiger charge is -2.50. The number of thioether (sulfide) groups is 1. The Kier molecular flexibility index (Phi) is 6.21. The van der Waals surface area contributed by atoms with Crippen molar-refractivity contribution in [2.45, 2.75) is 78.9 Å². The fourth-order valence-electron chi connectivity index (χ4n) is 5.40. The van der Waals surface area contributed by atoms with E-state index in [1.807, 2.05) is 37.3 Å². The van der Waals surface area contributed by atoms with Gasteiger partial charge >= 0.3 is 0 Å². The second-order valence-electron chi connectivity index (χ2n) is 10.4. The van der Waals surface area contributed by atoms with E-state index in [1.54, 1.807) is 0 Å². The standard InChI is InChI=1S/C28H34N2O2S/c1-17(2)30-24-12-19(4)22(13-23(24)20(5)15-28(30,6)7)14-25-26(31)29(27(32)33-25)16-21-10-8-18(3)9-11-21/h8-14,17,20H,15-16H2,1-7H3/b25-14-. The molecule has 5 heteroatoms. The number of hydrogen-bond donors (Lipinski definition) is 0. The Morgan fingerprint density at radius 2 is 1.79 bits per heavy atom.